The van der Waals surface area contributed by atoms with Crippen LogP contribution in [0.3, 0.4) is 0 Å². The zero-order valence-electron chi connectivity index (χ0n) is 12.0. The Morgan fingerprint density at radius 3 is 2.65 bits per heavy atom. The van der Waals surface area contributed by atoms with E-state index in [1.165, 1.54) is 6.07 Å². The molecule has 0 aliphatic heterocycles. The molecule has 0 fully saturated rings. The maximum absolute atomic E-state index is 13.4. The SMILES string of the molecule is CC(C)CC(C)(O)CNCc1ccc([N+](=O)[O-])c(F)c1. The van der Waals surface area contributed by atoms with E-state index in [0.29, 0.717) is 31.0 Å². The van der Waals surface area contributed by atoms with Gasteiger partial charge in [-0.2, -0.15) is 4.39 Å². The number of halogens is 1. The Balaban J connectivity index is 2.54. The smallest absolute Gasteiger partial charge is 0.304 e. The number of benzene rings is 1. The molecule has 1 rings (SSSR count). The van der Waals surface area contributed by atoms with Crippen molar-refractivity contribution < 1.29 is 14.4 Å². The molecule has 0 radical (unpaired) electrons. The Labute approximate surface area is 118 Å². The van der Waals surface area contributed by atoms with Crippen LogP contribution in [0, 0.1) is 21.8 Å². The third-order valence-corrected chi connectivity index (χ3v) is 2.89. The third kappa shape index (κ3) is 5.22. The van der Waals surface area contributed by atoms with Crippen molar-refractivity contribution in [3.63, 3.8) is 0 Å². The van der Waals surface area contributed by atoms with Crippen molar-refractivity contribution in [3.8, 4) is 0 Å². The number of rotatable bonds is 7. The lowest BCUT2D eigenvalue weighted by molar-refractivity contribution is -0.387. The van der Waals surface area contributed by atoms with Crippen molar-refractivity contribution in [1.29, 1.82) is 0 Å². The van der Waals surface area contributed by atoms with Crippen LogP contribution in [-0.2, 0) is 6.54 Å². The molecule has 0 saturated heterocycles. The largest absolute Gasteiger partial charge is 0.389 e. The van der Waals surface area contributed by atoms with Gasteiger partial charge in [0.25, 0.3) is 0 Å². The minimum atomic E-state index is -0.844. The summed E-state index contributed by atoms with van der Waals surface area (Å²) in [6.45, 7) is 6.53. The molecule has 1 aromatic rings. The number of hydrogen-bond acceptors (Lipinski definition) is 4. The Kier molecular flexibility index (Phi) is 5.59. The van der Waals surface area contributed by atoms with Crippen LogP contribution < -0.4 is 5.32 Å². The summed E-state index contributed by atoms with van der Waals surface area (Å²) in [5.74, 6) is -0.466. The average molecular weight is 284 g/mol. The highest BCUT2D eigenvalue weighted by atomic mass is 19.1. The van der Waals surface area contributed by atoms with Crippen LogP contribution in [0.4, 0.5) is 10.1 Å². The fraction of sp³-hybridized carbons (Fsp3) is 0.571. The van der Waals surface area contributed by atoms with Crippen molar-refractivity contribution in [1.82, 2.24) is 5.32 Å². The minimum absolute atomic E-state index is 0.350. The van der Waals surface area contributed by atoms with Gasteiger partial charge in [0.1, 0.15) is 0 Å². The van der Waals surface area contributed by atoms with E-state index in [-0.39, 0.29) is 0 Å². The van der Waals surface area contributed by atoms with E-state index in [9.17, 15) is 19.6 Å². The Morgan fingerprint density at radius 1 is 1.50 bits per heavy atom. The summed E-state index contributed by atoms with van der Waals surface area (Å²) >= 11 is 0. The summed E-state index contributed by atoms with van der Waals surface area (Å²) in [5.41, 5.74) is -0.748. The molecule has 0 heterocycles. The molecule has 1 atom stereocenters. The Morgan fingerprint density at radius 2 is 2.15 bits per heavy atom. The first kappa shape index (κ1) is 16.5. The lowest BCUT2D eigenvalue weighted by atomic mass is 9.94. The van der Waals surface area contributed by atoms with Crippen LogP contribution in [-0.4, -0.2) is 22.2 Å². The number of hydrogen-bond donors (Lipinski definition) is 2. The molecule has 1 aromatic carbocycles. The molecule has 112 valence electrons. The number of aliphatic hydroxyl groups is 1. The predicted molar refractivity (Wildman–Crippen MR) is 74.8 cm³/mol. The molecule has 6 heteroatoms. The van der Waals surface area contributed by atoms with E-state index >= 15 is 0 Å². The summed E-state index contributed by atoms with van der Waals surface area (Å²) < 4.78 is 13.4. The highest BCUT2D eigenvalue weighted by molar-refractivity contribution is 5.34. The first-order chi connectivity index (χ1) is 9.21. The van der Waals surface area contributed by atoms with Crippen molar-refractivity contribution in [2.75, 3.05) is 6.54 Å². The van der Waals surface area contributed by atoms with Crippen LogP contribution in [0.1, 0.15) is 32.8 Å². The molecule has 0 aromatic heterocycles. The van der Waals surface area contributed by atoms with Crippen LogP contribution in [0.2, 0.25) is 0 Å². The Bertz CT molecular complexity index is 475. The second-order valence-corrected chi connectivity index (χ2v) is 5.74. The van der Waals surface area contributed by atoms with Gasteiger partial charge < -0.3 is 10.4 Å². The van der Waals surface area contributed by atoms with Gasteiger partial charge >= 0.3 is 5.69 Å². The maximum Gasteiger partial charge on any atom is 0.304 e. The monoisotopic (exact) mass is 284 g/mol. The molecule has 0 amide bonds. The maximum atomic E-state index is 13.4. The molecule has 0 spiro atoms. The zero-order chi connectivity index (χ0) is 15.3. The lowest BCUT2D eigenvalue weighted by Gasteiger charge is -2.25. The summed E-state index contributed by atoms with van der Waals surface area (Å²) in [6, 6.07) is 3.80. The second-order valence-electron chi connectivity index (χ2n) is 5.74. The fourth-order valence-electron chi connectivity index (χ4n) is 2.24. The van der Waals surface area contributed by atoms with E-state index in [4.69, 9.17) is 0 Å². The van der Waals surface area contributed by atoms with Crippen molar-refractivity contribution in [2.24, 2.45) is 5.92 Å². The van der Waals surface area contributed by atoms with Crippen molar-refractivity contribution in [2.45, 2.75) is 39.3 Å². The van der Waals surface area contributed by atoms with E-state index in [1.807, 2.05) is 13.8 Å². The highest BCUT2D eigenvalue weighted by Crippen LogP contribution is 2.18. The van der Waals surface area contributed by atoms with Crippen LogP contribution >= 0.6 is 0 Å². The van der Waals surface area contributed by atoms with Gasteiger partial charge in [-0.3, -0.25) is 10.1 Å². The number of nitro groups is 1. The van der Waals surface area contributed by atoms with Crippen LogP contribution in [0.5, 0.6) is 0 Å². The van der Waals surface area contributed by atoms with Gasteiger partial charge in [0.15, 0.2) is 0 Å². The van der Waals surface area contributed by atoms with Gasteiger partial charge in [-0.05, 0) is 30.9 Å². The highest BCUT2D eigenvalue weighted by Gasteiger charge is 2.21. The molecular weight excluding hydrogens is 263 g/mol. The summed E-state index contributed by atoms with van der Waals surface area (Å²) in [5, 5.41) is 23.6. The van der Waals surface area contributed by atoms with Gasteiger partial charge in [0.05, 0.1) is 10.5 Å². The first-order valence-corrected chi connectivity index (χ1v) is 6.57. The molecule has 1 unspecified atom stereocenters. The van der Waals surface area contributed by atoms with Gasteiger partial charge in [0, 0.05) is 19.2 Å². The van der Waals surface area contributed by atoms with Crippen LogP contribution in [0.25, 0.3) is 0 Å². The summed E-state index contributed by atoms with van der Waals surface area (Å²) in [6.07, 6.45) is 0.661. The van der Waals surface area contributed by atoms with Crippen LogP contribution in [0.15, 0.2) is 18.2 Å². The van der Waals surface area contributed by atoms with E-state index in [0.717, 1.165) is 12.1 Å². The number of nitrogens with one attached hydrogen (secondary N) is 1. The minimum Gasteiger partial charge on any atom is -0.389 e. The van der Waals surface area contributed by atoms with Gasteiger partial charge in [-0.25, -0.2) is 0 Å². The molecular formula is C14H21FN2O3. The number of nitro benzene ring substituents is 1. The fourth-order valence-corrected chi connectivity index (χ4v) is 2.24. The van der Waals surface area contributed by atoms with E-state index in [2.05, 4.69) is 5.32 Å². The molecule has 0 saturated carbocycles. The number of nitrogens with zero attached hydrogens (tertiary/aromatic N) is 1. The summed E-state index contributed by atoms with van der Waals surface area (Å²) in [7, 11) is 0. The molecule has 2 N–H and O–H groups in total. The standard InChI is InChI=1S/C14H21FN2O3/c1-10(2)7-14(3,18)9-16-8-11-4-5-13(17(19)20)12(15)6-11/h4-6,10,16,18H,7-9H2,1-3H3. The normalized spacial score (nSPS) is 14.3. The van der Waals surface area contributed by atoms with Gasteiger partial charge in [-0.15, -0.1) is 0 Å². The van der Waals surface area contributed by atoms with Crippen molar-refractivity contribution in [3.05, 3.63) is 39.7 Å². The molecule has 5 nitrogen and oxygen atoms in total. The predicted octanol–water partition coefficient (Wildman–Crippen LogP) is 2.62. The second kappa shape index (κ2) is 6.76. The molecule has 20 heavy (non-hydrogen) atoms. The van der Waals surface area contributed by atoms with Gasteiger partial charge in [-0.1, -0.05) is 19.9 Å². The average Bonchev–Trinajstić information content (AvgIpc) is 2.26. The van der Waals surface area contributed by atoms with E-state index in [1.54, 1.807) is 6.92 Å². The molecule has 0 aliphatic carbocycles. The first-order valence-electron chi connectivity index (χ1n) is 6.57. The molecule has 0 bridgehead atoms. The van der Waals surface area contributed by atoms with E-state index < -0.39 is 22.0 Å². The lowest BCUT2D eigenvalue weighted by Crippen LogP contribution is -2.38. The van der Waals surface area contributed by atoms with Gasteiger partial charge in [0.2, 0.25) is 5.82 Å². The quantitative estimate of drug-likeness (QED) is 0.596. The van der Waals surface area contributed by atoms with Crippen molar-refractivity contribution >= 4 is 5.69 Å². The summed E-state index contributed by atoms with van der Waals surface area (Å²) in [4.78, 5) is 9.75. The molecule has 0 aliphatic rings. The topological polar surface area (TPSA) is 75.4 Å². The zero-order valence-corrected chi connectivity index (χ0v) is 12.0. The Hall–Kier alpha value is -1.53. The third-order valence-electron chi connectivity index (χ3n) is 2.89.